The highest BCUT2D eigenvalue weighted by molar-refractivity contribution is 5.43. The maximum atomic E-state index is 5.65. The van der Waals surface area contributed by atoms with Gasteiger partial charge in [0.05, 0.1) is 6.33 Å². The van der Waals surface area contributed by atoms with Crippen molar-refractivity contribution in [1.82, 2.24) is 14.9 Å². The standard InChI is InChI=1S/C17H21N3O2/c1-2-14(15(3-1)20-7-6-18-12-20)19-11-13-4-5-16-17(10-13)22-9-8-21-16/h4-7,10,12,14-15,19H,1-3,8-9,11H2/t14-,15+/m1/s1. The Bertz CT molecular complexity index is 627. The number of ether oxygens (including phenoxy) is 2. The Balaban J connectivity index is 1.42. The molecule has 1 aromatic carbocycles. The number of aromatic nitrogens is 2. The predicted molar refractivity (Wildman–Crippen MR) is 83.2 cm³/mol. The first-order valence-electron chi connectivity index (χ1n) is 7.99. The zero-order valence-corrected chi connectivity index (χ0v) is 12.6. The second-order valence-electron chi connectivity index (χ2n) is 5.97. The van der Waals surface area contributed by atoms with Gasteiger partial charge in [-0.3, -0.25) is 0 Å². The fourth-order valence-corrected chi connectivity index (χ4v) is 3.45. The lowest BCUT2D eigenvalue weighted by Gasteiger charge is -2.23. The van der Waals surface area contributed by atoms with Crippen LogP contribution in [0, 0.1) is 0 Å². The van der Waals surface area contributed by atoms with E-state index in [0.717, 1.165) is 18.0 Å². The van der Waals surface area contributed by atoms with Crippen molar-refractivity contribution in [3.63, 3.8) is 0 Å². The second kappa shape index (κ2) is 6.01. The summed E-state index contributed by atoms with van der Waals surface area (Å²) in [5.41, 5.74) is 1.24. The highest BCUT2D eigenvalue weighted by atomic mass is 16.6. The molecule has 1 aliphatic carbocycles. The maximum Gasteiger partial charge on any atom is 0.161 e. The summed E-state index contributed by atoms with van der Waals surface area (Å²) in [5, 5.41) is 3.70. The third-order valence-electron chi connectivity index (χ3n) is 4.56. The molecule has 116 valence electrons. The van der Waals surface area contributed by atoms with E-state index in [4.69, 9.17) is 9.47 Å². The molecule has 2 aromatic rings. The number of imidazole rings is 1. The summed E-state index contributed by atoms with van der Waals surface area (Å²) in [6, 6.07) is 7.22. The molecule has 0 radical (unpaired) electrons. The van der Waals surface area contributed by atoms with Crippen LogP contribution in [0.15, 0.2) is 36.9 Å². The molecule has 4 rings (SSSR count). The van der Waals surface area contributed by atoms with Crippen LogP contribution >= 0.6 is 0 Å². The van der Waals surface area contributed by atoms with Gasteiger partial charge in [0.1, 0.15) is 13.2 Å². The zero-order chi connectivity index (χ0) is 14.8. The van der Waals surface area contributed by atoms with Gasteiger partial charge in [0.25, 0.3) is 0 Å². The minimum Gasteiger partial charge on any atom is -0.486 e. The van der Waals surface area contributed by atoms with E-state index in [1.807, 2.05) is 18.6 Å². The van der Waals surface area contributed by atoms with E-state index >= 15 is 0 Å². The van der Waals surface area contributed by atoms with Gasteiger partial charge in [-0.05, 0) is 37.0 Å². The summed E-state index contributed by atoms with van der Waals surface area (Å²) in [4.78, 5) is 4.17. The largest absolute Gasteiger partial charge is 0.486 e. The van der Waals surface area contributed by atoms with Crippen molar-refractivity contribution in [1.29, 1.82) is 0 Å². The van der Waals surface area contributed by atoms with Crippen molar-refractivity contribution < 1.29 is 9.47 Å². The molecule has 1 aromatic heterocycles. The van der Waals surface area contributed by atoms with Gasteiger partial charge in [-0.2, -0.15) is 0 Å². The second-order valence-corrected chi connectivity index (χ2v) is 5.97. The van der Waals surface area contributed by atoms with Crippen molar-refractivity contribution in [2.24, 2.45) is 0 Å². The number of rotatable bonds is 4. The fourth-order valence-electron chi connectivity index (χ4n) is 3.45. The Morgan fingerprint density at radius 2 is 2.09 bits per heavy atom. The van der Waals surface area contributed by atoms with Crippen LogP contribution in [0.5, 0.6) is 11.5 Å². The highest BCUT2D eigenvalue weighted by Crippen LogP contribution is 2.32. The van der Waals surface area contributed by atoms with Crippen molar-refractivity contribution in [3.8, 4) is 11.5 Å². The first-order chi connectivity index (χ1) is 10.9. The summed E-state index contributed by atoms with van der Waals surface area (Å²) in [5.74, 6) is 1.72. The highest BCUT2D eigenvalue weighted by Gasteiger charge is 2.27. The molecule has 0 bridgehead atoms. The normalized spacial score (nSPS) is 23.6. The lowest BCUT2D eigenvalue weighted by Crippen LogP contribution is -2.33. The van der Waals surface area contributed by atoms with E-state index in [-0.39, 0.29) is 0 Å². The van der Waals surface area contributed by atoms with Crippen LogP contribution in [0.2, 0.25) is 0 Å². The van der Waals surface area contributed by atoms with Gasteiger partial charge < -0.3 is 19.4 Å². The molecule has 5 heteroatoms. The molecule has 2 aliphatic rings. The van der Waals surface area contributed by atoms with E-state index in [0.29, 0.717) is 25.3 Å². The summed E-state index contributed by atoms with van der Waals surface area (Å²) in [7, 11) is 0. The van der Waals surface area contributed by atoms with Crippen molar-refractivity contribution in [3.05, 3.63) is 42.5 Å². The fraction of sp³-hybridized carbons (Fsp3) is 0.471. The van der Waals surface area contributed by atoms with E-state index < -0.39 is 0 Å². The van der Waals surface area contributed by atoms with Crippen molar-refractivity contribution in [2.75, 3.05) is 13.2 Å². The Labute approximate surface area is 130 Å². The third-order valence-corrected chi connectivity index (χ3v) is 4.56. The molecule has 2 heterocycles. The molecule has 5 nitrogen and oxygen atoms in total. The van der Waals surface area contributed by atoms with Crippen molar-refractivity contribution >= 4 is 0 Å². The molecule has 0 spiro atoms. The minimum atomic E-state index is 0.502. The van der Waals surface area contributed by atoms with Gasteiger partial charge >= 0.3 is 0 Å². The van der Waals surface area contributed by atoms with Gasteiger partial charge in [0.15, 0.2) is 11.5 Å². The lowest BCUT2D eigenvalue weighted by molar-refractivity contribution is 0.171. The number of hydrogen-bond acceptors (Lipinski definition) is 4. The third kappa shape index (κ3) is 2.68. The van der Waals surface area contributed by atoms with Crippen LogP contribution in [0.4, 0.5) is 0 Å². The molecular weight excluding hydrogens is 278 g/mol. The monoisotopic (exact) mass is 299 g/mol. The average molecular weight is 299 g/mol. The number of benzene rings is 1. The molecule has 1 N–H and O–H groups in total. The number of fused-ring (bicyclic) bond motifs is 1. The van der Waals surface area contributed by atoms with E-state index in [2.05, 4.69) is 33.2 Å². The number of nitrogens with zero attached hydrogens (tertiary/aromatic N) is 2. The molecule has 0 unspecified atom stereocenters. The Kier molecular flexibility index (Phi) is 3.72. The Morgan fingerprint density at radius 1 is 1.18 bits per heavy atom. The van der Waals surface area contributed by atoms with Crippen LogP contribution in [0.3, 0.4) is 0 Å². The Hall–Kier alpha value is -2.01. The van der Waals surface area contributed by atoms with Gasteiger partial charge in [0.2, 0.25) is 0 Å². The van der Waals surface area contributed by atoms with Crippen molar-refractivity contribution in [2.45, 2.75) is 37.9 Å². The van der Waals surface area contributed by atoms with Gasteiger partial charge in [-0.1, -0.05) is 6.07 Å². The van der Waals surface area contributed by atoms with Gasteiger partial charge in [-0.15, -0.1) is 0 Å². The summed E-state index contributed by atoms with van der Waals surface area (Å²) in [6.07, 6.45) is 9.55. The smallest absolute Gasteiger partial charge is 0.161 e. The van der Waals surface area contributed by atoms with E-state index in [1.165, 1.54) is 24.8 Å². The summed E-state index contributed by atoms with van der Waals surface area (Å²) in [6.45, 7) is 2.13. The molecule has 2 atom stereocenters. The van der Waals surface area contributed by atoms with Crippen LogP contribution in [-0.2, 0) is 6.54 Å². The van der Waals surface area contributed by atoms with Gasteiger partial charge in [0, 0.05) is 31.0 Å². The van der Waals surface area contributed by atoms with Crippen LogP contribution in [0.1, 0.15) is 30.9 Å². The lowest BCUT2D eigenvalue weighted by atomic mass is 10.1. The SMILES string of the molecule is c1cn([C@H]2CCC[C@H]2NCc2ccc3c(c2)OCCO3)cn1. The van der Waals surface area contributed by atoms with Crippen LogP contribution in [0.25, 0.3) is 0 Å². The maximum absolute atomic E-state index is 5.65. The molecule has 0 saturated heterocycles. The Morgan fingerprint density at radius 3 is 2.95 bits per heavy atom. The summed E-state index contributed by atoms with van der Waals surface area (Å²) >= 11 is 0. The first-order valence-corrected chi connectivity index (χ1v) is 7.99. The topological polar surface area (TPSA) is 48.3 Å². The molecule has 1 aliphatic heterocycles. The number of hydrogen-bond donors (Lipinski definition) is 1. The molecule has 1 saturated carbocycles. The van der Waals surface area contributed by atoms with E-state index in [9.17, 15) is 0 Å². The first kappa shape index (κ1) is 13.6. The summed E-state index contributed by atoms with van der Waals surface area (Å²) < 4.78 is 13.4. The van der Waals surface area contributed by atoms with Crippen LogP contribution in [-0.4, -0.2) is 28.8 Å². The molecule has 0 amide bonds. The van der Waals surface area contributed by atoms with E-state index in [1.54, 1.807) is 0 Å². The van der Waals surface area contributed by atoms with Gasteiger partial charge in [-0.25, -0.2) is 4.98 Å². The molecular formula is C17H21N3O2. The van der Waals surface area contributed by atoms with Crippen LogP contribution < -0.4 is 14.8 Å². The minimum absolute atomic E-state index is 0.502. The quantitative estimate of drug-likeness (QED) is 0.942. The number of nitrogens with one attached hydrogen (secondary N) is 1. The molecule has 22 heavy (non-hydrogen) atoms. The zero-order valence-electron chi connectivity index (χ0n) is 12.6. The molecule has 1 fully saturated rings. The average Bonchev–Trinajstić information content (AvgIpc) is 3.23. The predicted octanol–water partition coefficient (Wildman–Crippen LogP) is 2.54.